The van der Waals surface area contributed by atoms with Gasteiger partial charge in [-0.1, -0.05) is 12.7 Å². The zero-order chi connectivity index (χ0) is 10.8. The van der Waals surface area contributed by atoms with Gasteiger partial charge in [0.2, 0.25) is 12.5 Å². The quantitative estimate of drug-likeness (QED) is 0.708. The molecular weight excluding hydrogens is 196 g/mol. The van der Waals surface area contributed by atoms with E-state index < -0.39 is 0 Å². The van der Waals surface area contributed by atoms with Crippen molar-refractivity contribution in [2.24, 2.45) is 0 Å². The third-order valence-electron chi connectivity index (χ3n) is 2.23. The third kappa shape index (κ3) is 1.34. The summed E-state index contributed by atoms with van der Waals surface area (Å²) in [6.45, 7) is 3.77. The molecule has 0 N–H and O–H groups in total. The fraction of sp³-hybridized carbons (Fsp3) is 0.182. The third-order valence-corrected chi connectivity index (χ3v) is 2.23. The summed E-state index contributed by atoms with van der Waals surface area (Å²) in [7, 11) is 1.48. The molecule has 15 heavy (non-hydrogen) atoms. The van der Waals surface area contributed by atoms with Gasteiger partial charge in [-0.2, -0.15) is 0 Å². The second-order valence-corrected chi connectivity index (χ2v) is 2.97. The van der Waals surface area contributed by atoms with Gasteiger partial charge in [-0.15, -0.1) is 0 Å². The molecule has 4 heteroatoms. The Morgan fingerprint density at radius 1 is 1.53 bits per heavy atom. The number of carbonyl (C=O) groups excluding carboxylic acids is 1. The first-order valence-electron chi connectivity index (χ1n) is 4.40. The summed E-state index contributed by atoms with van der Waals surface area (Å²) in [6, 6.07) is 1.71. The number of benzene rings is 1. The molecule has 0 spiro atoms. The average Bonchev–Trinajstić information content (AvgIpc) is 2.73. The van der Waals surface area contributed by atoms with E-state index in [0.717, 1.165) is 6.29 Å². The van der Waals surface area contributed by atoms with E-state index in [-0.39, 0.29) is 6.79 Å². The fourth-order valence-corrected chi connectivity index (χ4v) is 1.54. The minimum absolute atomic E-state index is 0.143. The normalized spacial score (nSPS) is 12.3. The first-order valence-corrected chi connectivity index (χ1v) is 4.40. The number of aldehydes is 1. The number of carbonyl (C=O) groups is 1. The minimum atomic E-state index is 0.143. The lowest BCUT2D eigenvalue weighted by atomic mass is 10.1. The molecule has 78 valence electrons. The van der Waals surface area contributed by atoms with Crippen LogP contribution >= 0.6 is 0 Å². The topological polar surface area (TPSA) is 44.8 Å². The summed E-state index contributed by atoms with van der Waals surface area (Å²) in [5.41, 5.74) is 1.10. The van der Waals surface area contributed by atoms with E-state index in [1.807, 2.05) is 0 Å². The summed E-state index contributed by atoms with van der Waals surface area (Å²) in [6.07, 6.45) is 2.30. The summed E-state index contributed by atoms with van der Waals surface area (Å²) < 4.78 is 15.6. The van der Waals surface area contributed by atoms with Crippen LogP contribution in [0.3, 0.4) is 0 Å². The standard InChI is InChI=1S/C11H10O4/c1-3-7-4-9-11(15-6-14-9)10(13-2)8(7)5-12/h3-5H,1,6H2,2H3. The molecule has 1 aromatic carbocycles. The Morgan fingerprint density at radius 2 is 2.33 bits per heavy atom. The van der Waals surface area contributed by atoms with Crippen molar-refractivity contribution in [3.05, 3.63) is 23.8 Å². The monoisotopic (exact) mass is 206 g/mol. The molecule has 1 heterocycles. The van der Waals surface area contributed by atoms with Crippen LogP contribution in [-0.4, -0.2) is 20.2 Å². The smallest absolute Gasteiger partial charge is 0.231 e. The summed E-state index contributed by atoms with van der Waals surface area (Å²) in [4.78, 5) is 10.9. The summed E-state index contributed by atoms with van der Waals surface area (Å²) >= 11 is 0. The van der Waals surface area contributed by atoms with Crippen molar-refractivity contribution in [2.75, 3.05) is 13.9 Å². The van der Waals surface area contributed by atoms with Crippen LogP contribution < -0.4 is 14.2 Å². The summed E-state index contributed by atoms with van der Waals surface area (Å²) in [5.74, 6) is 1.45. The molecule has 0 aliphatic carbocycles. The average molecular weight is 206 g/mol. The highest BCUT2D eigenvalue weighted by Crippen LogP contribution is 2.44. The van der Waals surface area contributed by atoms with Gasteiger partial charge < -0.3 is 14.2 Å². The largest absolute Gasteiger partial charge is 0.492 e. The zero-order valence-corrected chi connectivity index (χ0v) is 8.28. The molecule has 0 aromatic heterocycles. The maximum Gasteiger partial charge on any atom is 0.231 e. The van der Waals surface area contributed by atoms with Crippen molar-refractivity contribution in [1.29, 1.82) is 0 Å². The Balaban J connectivity index is 2.71. The minimum Gasteiger partial charge on any atom is -0.492 e. The molecule has 2 rings (SSSR count). The Labute approximate surface area is 87.1 Å². The van der Waals surface area contributed by atoms with Gasteiger partial charge in [-0.3, -0.25) is 4.79 Å². The highest BCUT2D eigenvalue weighted by atomic mass is 16.7. The Hall–Kier alpha value is -1.97. The fourth-order valence-electron chi connectivity index (χ4n) is 1.54. The van der Waals surface area contributed by atoms with Gasteiger partial charge >= 0.3 is 0 Å². The van der Waals surface area contributed by atoms with Gasteiger partial charge in [0, 0.05) is 0 Å². The molecule has 1 aliphatic rings. The van der Waals surface area contributed by atoms with Crippen LogP contribution in [0.25, 0.3) is 6.08 Å². The van der Waals surface area contributed by atoms with Crippen molar-refractivity contribution in [3.63, 3.8) is 0 Å². The van der Waals surface area contributed by atoms with E-state index in [1.54, 1.807) is 12.1 Å². The molecule has 0 saturated carbocycles. The van der Waals surface area contributed by atoms with Gasteiger partial charge in [-0.05, 0) is 11.6 Å². The number of hydrogen-bond acceptors (Lipinski definition) is 4. The number of ether oxygens (including phenoxy) is 3. The van der Waals surface area contributed by atoms with E-state index in [2.05, 4.69) is 6.58 Å². The van der Waals surface area contributed by atoms with Crippen LogP contribution in [0, 0.1) is 0 Å². The predicted octanol–water partition coefficient (Wildman–Crippen LogP) is 1.88. The van der Waals surface area contributed by atoms with Crippen molar-refractivity contribution in [2.45, 2.75) is 0 Å². The van der Waals surface area contributed by atoms with Crippen LogP contribution in [0.4, 0.5) is 0 Å². The molecule has 0 bridgehead atoms. The second kappa shape index (κ2) is 3.65. The van der Waals surface area contributed by atoms with Crippen molar-refractivity contribution < 1.29 is 19.0 Å². The van der Waals surface area contributed by atoms with Crippen molar-refractivity contribution >= 4 is 12.4 Å². The number of methoxy groups -OCH3 is 1. The van der Waals surface area contributed by atoms with E-state index in [1.165, 1.54) is 7.11 Å². The highest BCUT2D eigenvalue weighted by Gasteiger charge is 2.23. The highest BCUT2D eigenvalue weighted by molar-refractivity contribution is 5.88. The Morgan fingerprint density at radius 3 is 2.93 bits per heavy atom. The Bertz CT molecular complexity index is 423. The molecule has 0 fully saturated rings. The van der Waals surface area contributed by atoms with Gasteiger partial charge in [-0.25, -0.2) is 0 Å². The number of rotatable bonds is 3. The lowest BCUT2D eigenvalue weighted by molar-refractivity contribution is 0.111. The van der Waals surface area contributed by atoms with Crippen LogP contribution in [0.2, 0.25) is 0 Å². The SMILES string of the molecule is C=Cc1cc2c(c(OC)c1C=O)OCO2. The van der Waals surface area contributed by atoms with Gasteiger partial charge in [0.15, 0.2) is 17.8 Å². The zero-order valence-electron chi connectivity index (χ0n) is 8.28. The first-order chi connectivity index (χ1) is 7.31. The lowest BCUT2D eigenvalue weighted by Gasteiger charge is -2.09. The maximum atomic E-state index is 10.9. The van der Waals surface area contributed by atoms with Crippen LogP contribution in [0.1, 0.15) is 15.9 Å². The van der Waals surface area contributed by atoms with E-state index >= 15 is 0 Å². The molecule has 1 aliphatic heterocycles. The van der Waals surface area contributed by atoms with Gasteiger partial charge in [0.05, 0.1) is 12.7 Å². The summed E-state index contributed by atoms with van der Waals surface area (Å²) in [5, 5.41) is 0. The first kappa shape index (κ1) is 9.58. The second-order valence-electron chi connectivity index (χ2n) is 2.97. The molecule has 0 radical (unpaired) electrons. The van der Waals surface area contributed by atoms with E-state index in [0.29, 0.717) is 28.4 Å². The van der Waals surface area contributed by atoms with Gasteiger partial charge in [0.25, 0.3) is 0 Å². The molecule has 4 nitrogen and oxygen atoms in total. The lowest BCUT2D eigenvalue weighted by Crippen LogP contribution is -1.96. The molecular formula is C11H10O4. The van der Waals surface area contributed by atoms with Gasteiger partial charge in [0.1, 0.15) is 0 Å². The number of fused-ring (bicyclic) bond motifs is 1. The van der Waals surface area contributed by atoms with Crippen LogP contribution in [-0.2, 0) is 0 Å². The number of hydrogen-bond donors (Lipinski definition) is 0. The molecule has 0 unspecified atom stereocenters. The molecule has 1 aromatic rings. The molecule has 0 atom stereocenters. The predicted molar refractivity (Wildman–Crippen MR) is 54.6 cm³/mol. The van der Waals surface area contributed by atoms with Crippen LogP contribution in [0.5, 0.6) is 17.2 Å². The Kier molecular flexibility index (Phi) is 2.33. The van der Waals surface area contributed by atoms with E-state index in [4.69, 9.17) is 14.2 Å². The molecule has 0 saturated heterocycles. The van der Waals surface area contributed by atoms with E-state index in [9.17, 15) is 4.79 Å². The van der Waals surface area contributed by atoms with Crippen molar-refractivity contribution in [1.82, 2.24) is 0 Å². The van der Waals surface area contributed by atoms with Crippen LogP contribution in [0.15, 0.2) is 12.6 Å². The maximum absolute atomic E-state index is 10.9. The van der Waals surface area contributed by atoms with Crippen molar-refractivity contribution in [3.8, 4) is 17.2 Å². The molecule has 0 amide bonds.